The van der Waals surface area contributed by atoms with Gasteiger partial charge in [-0.15, -0.1) is 0 Å². The fourth-order valence-corrected chi connectivity index (χ4v) is 1.81. The second-order valence-corrected chi connectivity index (χ2v) is 4.62. The second kappa shape index (κ2) is 9.34. The molecule has 0 aliphatic carbocycles. The van der Waals surface area contributed by atoms with Gasteiger partial charge in [0.25, 0.3) is 5.91 Å². The molecule has 0 fully saturated rings. The molecular formula is C16H22N4O3. The minimum atomic E-state index is -0.247. The standard InChI is InChI=1S/C16H22N4O3/c1-11(19-22-5)12(2)20-23-10-13-8-6-7-9-14(13)15(17-3)16(21)18-4/h6-9H,10H2,1-5H3,(H,18,21)/b17-15?,19-11-,20-12-. The molecule has 0 spiro atoms. The molecule has 0 heterocycles. The van der Waals surface area contributed by atoms with Crippen LogP contribution in [0.2, 0.25) is 0 Å². The summed E-state index contributed by atoms with van der Waals surface area (Å²) >= 11 is 0. The predicted molar refractivity (Wildman–Crippen MR) is 91.0 cm³/mol. The molecule has 0 aromatic heterocycles. The summed E-state index contributed by atoms with van der Waals surface area (Å²) < 4.78 is 0. The second-order valence-electron chi connectivity index (χ2n) is 4.62. The van der Waals surface area contributed by atoms with E-state index >= 15 is 0 Å². The summed E-state index contributed by atoms with van der Waals surface area (Å²) in [6, 6.07) is 7.40. The summed E-state index contributed by atoms with van der Waals surface area (Å²) in [4.78, 5) is 26.0. The monoisotopic (exact) mass is 318 g/mol. The molecule has 0 bridgehead atoms. The molecule has 1 amide bonds. The smallest absolute Gasteiger partial charge is 0.269 e. The van der Waals surface area contributed by atoms with Crippen LogP contribution < -0.4 is 5.32 Å². The van der Waals surface area contributed by atoms with Crippen LogP contribution >= 0.6 is 0 Å². The van der Waals surface area contributed by atoms with Crippen molar-refractivity contribution in [1.82, 2.24) is 5.32 Å². The number of oxime groups is 2. The quantitative estimate of drug-likeness (QED) is 0.614. The average molecular weight is 318 g/mol. The third-order valence-electron chi connectivity index (χ3n) is 3.11. The van der Waals surface area contributed by atoms with Gasteiger partial charge in [-0.2, -0.15) is 0 Å². The molecule has 23 heavy (non-hydrogen) atoms. The maximum absolute atomic E-state index is 11.9. The Bertz CT molecular complexity index is 636. The number of hydrogen-bond acceptors (Lipinski definition) is 6. The number of aliphatic imine (C=N–C) groups is 1. The normalized spacial score (nSPS) is 12.8. The van der Waals surface area contributed by atoms with E-state index in [1.165, 1.54) is 7.11 Å². The number of nitrogens with zero attached hydrogens (tertiary/aromatic N) is 3. The van der Waals surface area contributed by atoms with Crippen molar-refractivity contribution < 1.29 is 14.5 Å². The molecule has 0 saturated heterocycles. The Morgan fingerprint density at radius 2 is 1.83 bits per heavy atom. The van der Waals surface area contributed by atoms with Crippen molar-refractivity contribution in [2.45, 2.75) is 20.5 Å². The highest BCUT2D eigenvalue weighted by Crippen LogP contribution is 2.12. The van der Waals surface area contributed by atoms with Crippen molar-refractivity contribution in [3.63, 3.8) is 0 Å². The van der Waals surface area contributed by atoms with Crippen LogP contribution in [0.5, 0.6) is 0 Å². The Morgan fingerprint density at radius 3 is 2.43 bits per heavy atom. The molecule has 1 aromatic rings. The molecule has 0 unspecified atom stereocenters. The van der Waals surface area contributed by atoms with Gasteiger partial charge in [-0.3, -0.25) is 9.79 Å². The van der Waals surface area contributed by atoms with E-state index in [0.29, 0.717) is 22.7 Å². The molecule has 0 aliphatic heterocycles. The highest BCUT2D eigenvalue weighted by atomic mass is 16.6. The van der Waals surface area contributed by atoms with Crippen LogP contribution in [-0.4, -0.2) is 44.2 Å². The van der Waals surface area contributed by atoms with Gasteiger partial charge in [-0.1, -0.05) is 34.6 Å². The van der Waals surface area contributed by atoms with Crippen molar-refractivity contribution in [2.24, 2.45) is 15.3 Å². The van der Waals surface area contributed by atoms with E-state index in [9.17, 15) is 4.79 Å². The van der Waals surface area contributed by atoms with Gasteiger partial charge in [0.05, 0.1) is 0 Å². The van der Waals surface area contributed by atoms with Crippen molar-refractivity contribution in [2.75, 3.05) is 21.2 Å². The first-order valence-corrected chi connectivity index (χ1v) is 7.07. The molecule has 7 nitrogen and oxygen atoms in total. The minimum Gasteiger partial charge on any atom is -0.399 e. The van der Waals surface area contributed by atoms with Crippen molar-refractivity contribution >= 4 is 23.0 Å². The number of carbonyl (C=O) groups excluding carboxylic acids is 1. The minimum absolute atomic E-state index is 0.212. The zero-order valence-electron chi connectivity index (χ0n) is 14.1. The lowest BCUT2D eigenvalue weighted by molar-refractivity contribution is -0.114. The first-order valence-electron chi connectivity index (χ1n) is 7.07. The highest BCUT2D eigenvalue weighted by molar-refractivity contribution is 6.45. The van der Waals surface area contributed by atoms with E-state index in [1.54, 1.807) is 27.9 Å². The number of carbonyl (C=O) groups is 1. The summed E-state index contributed by atoms with van der Waals surface area (Å²) in [5, 5.41) is 10.3. The van der Waals surface area contributed by atoms with Crippen molar-refractivity contribution in [1.29, 1.82) is 0 Å². The van der Waals surface area contributed by atoms with Crippen LogP contribution in [0, 0.1) is 0 Å². The lowest BCUT2D eigenvalue weighted by atomic mass is 10.0. The lowest BCUT2D eigenvalue weighted by Crippen LogP contribution is -2.29. The van der Waals surface area contributed by atoms with Crippen molar-refractivity contribution in [3.05, 3.63) is 35.4 Å². The van der Waals surface area contributed by atoms with E-state index in [-0.39, 0.29) is 12.5 Å². The Kier molecular flexibility index (Phi) is 7.45. The average Bonchev–Trinajstić information content (AvgIpc) is 2.56. The third kappa shape index (κ3) is 5.21. The molecule has 1 aromatic carbocycles. The fourth-order valence-electron chi connectivity index (χ4n) is 1.81. The van der Waals surface area contributed by atoms with Crippen LogP contribution in [-0.2, 0) is 21.1 Å². The molecule has 0 radical (unpaired) electrons. The first-order chi connectivity index (χ1) is 11.0. The van der Waals surface area contributed by atoms with Gasteiger partial charge >= 0.3 is 0 Å². The number of amides is 1. The number of nitrogens with one attached hydrogen (secondary N) is 1. The van der Waals surface area contributed by atoms with Gasteiger partial charge in [-0.25, -0.2) is 0 Å². The van der Waals surface area contributed by atoms with E-state index < -0.39 is 0 Å². The van der Waals surface area contributed by atoms with E-state index in [0.717, 1.165) is 5.56 Å². The maximum atomic E-state index is 11.9. The summed E-state index contributed by atoms with van der Waals surface area (Å²) in [5.41, 5.74) is 3.12. The van der Waals surface area contributed by atoms with Crippen LogP contribution in [0.3, 0.4) is 0 Å². The van der Waals surface area contributed by atoms with Gasteiger partial charge in [0, 0.05) is 25.2 Å². The molecule has 0 atom stereocenters. The number of hydrogen-bond donors (Lipinski definition) is 1. The van der Waals surface area contributed by atoms with E-state index in [4.69, 9.17) is 4.84 Å². The number of rotatable bonds is 7. The summed E-state index contributed by atoms with van der Waals surface area (Å²) in [5.74, 6) is -0.247. The molecule has 1 rings (SSSR count). The Labute approximate surface area is 136 Å². The van der Waals surface area contributed by atoms with Crippen LogP contribution in [0.1, 0.15) is 25.0 Å². The molecule has 7 heteroatoms. The fraction of sp³-hybridized carbons (Fsp3) is 0.375. The molecule has 0 aliphatic rings. The largest absolute Gasteiger partial charge is 0.399 e. The van der Waals surface area contributed by atoms with Gasteiger partial charge in [0.1, 0.15) is 30.9 Å². The summed E-state index contributed by atoms with van der Waals surface area (Å²) in [6.45, 7) is 3.75. The predicted octanol–water partition coefficient (Wildman–Crippen LogP) is 1.77. The van der Waals surface area contributed by atoms with Crippen LogP contribution in [0.25, 0.3) is 0 Å². The number of likely N-dealkylation sites (N-methyl/N-ethyl adjacent to an activating group) is 1. The maximum Gasteiger partial charge on any atom is 0.269 e. The van der Waals surface area contributed by atoms with E-state index in [1.807, 2.05) is 24.3 Å². The molecular weight excluding hydrogens is 296 g/mol. The lowest BCUT2D eigenvalue weighted by Gasteiger charge is -2.10. The first kappa shape index (κ1) is 18.3. The third-order valence-corrected chi connectivity index (χ3v) is 3.11. The Balaban J connectivity index is 2.93. The van der Waals surface area contributed by atoms with Gasteiger partial charge < -0.3 is 15.0 Å². The Morgan fingerprint density at radius 1 is 1.17 bits per heavy atom. The van der Waals surface area contributed by atoms with Crippen molar-refractivity contribution in [3.8, 4) is 0 Å². The molecule has 124 valence electrons. The SMILES string of the molecule is CN=C(C(=O)NC)c1ccccc1CO/N=C(C)\C(C)=N/OC. The summed E-state index contributed by atoms with van der Waals surface area (Å²) in [6.07, 6.45) is 0. The zero-order chi connectivity index (χ0) is 17.2. The van der Waals surface area contributed by atoms with Gasteiger partial charge in [0.15, 0.2) is 0 Å². The van der Waals surface area contributed by atoms with Crippen LogP contribution in [0.4, 0.5) is 0 Å². The van der Waals surface area contributed by atoms with E-state index in [2.05, 4.69) is 25.5 Å². The zero-order valence-corrected chi connectivity index (χ0v) is 14.1. The van der Waals surface area contributed by atoms with Gasteiger partial charge in [0.2, 0.25) is 0 Å². The highest BCUT2D eigenvalue weighted by Gasteiger charge is 2.15. The molecule has 0 saturated carbocycles. The van der Waals surface area contributed by atoms with Gasteiger partial charge in [-0.05, 0) is 13.8 Å². The molecule has 1 N–H and O–H groups in total. The van der Waals surface area contributed by atoms with Crippen LogP contribution in [0.15, 0.2) is 39.6 Å². The number of benzene rings is 1. The summed E-state index contributed by atoms with van der Waals surface area (Å²) in [7, 11) is 4.62. The Hall–Kier alpha value is -2.70. The topological polar surface area (TPSA) is 84.6 Å².